The maximum absolute atomic E-state index is 12.6. The number of amides is 1. The minimum atomic E-state index is -0.207. The smallest absolute Gasteiger partial charge is 0.271 e. The van der Waals surface area contributed by atoms with E-state index in [1.807, 2.05) is 0 Å². The number of benzene rings is 1. The molecular weight excluding hydrogens is 404 g/mol. The van der Waals surface area contributed by atoms with Gasteiger partial charge >= 0.3 is 0 Å². The van der Waals surface area contributed by atoms with E-state index in [2.05, 4.69) is 46.4 Å². The number of nitrogens with zero attached hydrogens (tertiary/aromatic N) is 3. The summed E-state index contributed by atoms with van der Waals surface area (Å²) < 4.78 is 11.1. The number of piperidine rings is 1. The Hall–Kier alpha value is -2.93. The Morgan fingerprint density at radius 1 is 1.22 bits per heavy atom. The topological polar surface area (TPSA) is 76.0 Å². The lowest BCUT2D eigenvalue weighted by atomic mass is 9.79. The molecule has 1 amide bonds. The summed E-state index contributed by atoms with van der Waals surface area (Å²) in [4.78, 5) is 19.1. The molecular formula is C25H32N4O3. The summed E-state index contributed by atoms with van der Waals surface area (Å²) in [6.07, 6.45) is 6.06. The number of methoxy groups -OCH3 is 2. The summed E-state index contributed by atoms with van der Waals surface area (Å²) in [5.74, 6) is 2.19. The Kier molecular flexibility index (Phi) is 6.74. The van der Waals surface area contributed by atoms with Crippen molar-refractivity contribution < 1.29 is 14.3 Å². The van der Waals surface area contributed by atoms with Crippen LogP contribution in [-0.4, -0.2) is 48.8 Å². The van der Waals surface area contributed by atoms with Crippen LogP contribution in [0.25, 0.3) is 0 Å². The maximum atomic E-state index is 12.6. The van der Waals surface area contributed by atoms with Crippen LogP contribution in [0.4, 0.5) is 0 Å². The quantitative estimate of drug-likeness (QED) is 0.696. The van der Waals surface area contributed by atoms with E-state index in [1.54, 1.807) is 38.7 Å². The predicted octanol–water partition coefficient (Wildman–Crippen LogP) is 3.85. The van der Waals surface area contributed by atoms with Gasteiger partial charge in [-0.05, 0) is 54.2 Å². The van der Waals surface area contributed by atoms with Crippen LogP contribution in [0.15, 0.2) is 41.8 Å². The molecule has 0 bridgehead atoms. The third-order valence-corrected chi connectivity index (χ3v) is 6.44. The molecule has 2 atom stereocenters. The van der Waals surface area contributed by atoms with Crippen molar-refractivity contribution in [2.75, 3.05) is 27.3 Å². The highest BCUT2D eigenvalue weighted by Crippen LogP contribution is 2.42. The van der Waals surface area contributed by atoms with Gasteiger partial charge in [0.05, 0.1) is 14.2 Å². The second-order valence-electron chi connectivity index (χ2n) is 8.98. The first kappa shape index (κ1) is 22.3. The van der Waals surface area contributed by atoms with Crippen molar-refractivity contribution in [1.29, 1.82) is 0 Å². The van der Waals surface area contributed by atoms with E-state index < -0.39 is 0 Å². The number of hydrogen-bond acceptors (Lipinski definition) is 6. The van der Waals surface area contributed by atoms with Crippen molar-refractivity contribution in [3.8, 4) is 11.5 Å². The number of aromatic nitrogens is 1. The second kappa shape index (κ2) is 9.69. The molecule has 1 fully saturated rings. The average Bonchev–Trinajstić information content (AvgIpc) is 2.81. The lowest BCUT2D eigenvalue weighted by Gasteiger charge is -2.44. The number of hydrogen-bond donors (Lipinski definition) is 1. The molecule has 3 heterocycles. The fourth-order valence-corrected chi connectivity index (χ4v) is 4.90. The van der Waals surface area contributed by atoms with Crippen LogP contribution in [0.1, 0.15) is 54.2 Å². The zero-order valence-electron chi connectivity index (χ0n) is 19.3. The van der Waals surface area contributed by atoms with Crippen LogP contribution < -0.4 is 14.9 Å². The summed E-state index contributed by atoms with van der Waals surface area (Å²) in [7, 11) is 3.35. The molecule has 1 aromatic heterocycles. The fourth-order valence-electron chi connectivity index (χ4n) is 4.90. The Morgan fingerprint density at radius 2 is 1.94 bits per heavy atom. The van der Waals surface area contributed by atoms with Gasteiger partial charge in [0, 0.05) is 55.1 Å². The molecule has 0 spiro atoms. The van der Waals surface area contributed by atoms with Crippen LogP contribution in [0, 0.1) is 11.8 Å². The van der Waals surface area contributed by atoms with Crippen molar-refractivity contribution in [1.82, 2.24) is 15.3 Å². The molecule has 32 heavy (non-hydrogen) atoms. The van der Waals surface area contributed by atoms with Crippen molar-refractivity contribution in [2.24, 2.45) is 16.9 Å². The van der Waals surface area contributed by atoms with Crippen LogP contribution in [0.3, 0.4) is 0 Å². The van der Waals surface area contributed by atoms with E-state index in [0.29, 0.717) is 17.4 Å². The number of carbonyl (C=O) groups is 1. The molecule has 2 aromatic rings. The zero-order valence-corrected chi connectivity index (χ0v) is 19.3. The molecule has 2 aliphatic rings. The van der Waals surface area contributed by atoms with Crippen molar-refractivity contribution in [3.05, 3.63) is 53.3 Å². The summed E-state index contributed by atoms with van der Waals surface area (Å²) >= 11 is 0. The standard InChI is InChI=1S/C25H32N4O3/c1-16(2)11-19-15-29-10-7-18-12-23(31-3)24(32-4)13-20(18)22(29)14-21(19)27-28-25(30)17-5-8-26-9-6-17/h5-6,8-9,12-13,16,19,22H,7,10-11,14-15H2,1-4H3,(H,28,30). The molecule has 2 unspecified atom stereocenters. The van der Waals surface area contributed by atoms with E-state index in [4.69, 9.17) is 9.47 Å². The van der Waals surface area contributed by atoms with Gasteiger partial charge in [-0.2, -0.15) is 5.10 Å². The van der Waals surface area contributed by atoms with E-state index in [0.717, 1.165) is 49.6 Å². The maximum Gasteiger partial charge on any atom is 0.271 e. The average molecular weight is 437 g/mol. The van der Waals surface area contributed by atoms with Gasteiger partial charge in [-0.15, -0.1) is 0 Å². The zero-order chi connectivity index (χ0) is 22.7. The van der Waals surface area contributed by atoms with Crippen LogP contribution >= 0.6 is 0 Å². The van der Waals surface area contributed by atoms with Gasteiger partial charge in [0.25, 0.3) is 5.91 Å². The van der Waals surface area contributed by atoms with Gasteiger partial charge in [0.2, 0.25) is 0 Å². The Balaban J connectivity index is 1.62. The summed E-state index contributed by atoms with van der Waals surface area (Å²) in [6, 6.07) is 7.83. The molecule has 1 saturated heterocycles. The third kappa shape index (κ3) is 4.63. The van der Waals surface area contributed by atoms with Crippen LogP contribution in [0.2, 0.25) is 0 Å². The van der Waals surface area contributed by atoms with Gasteiger partial charge in [-0.25, -0.2) is 5.43 Å². The lowest BCUT2D eigenvalue weighted by Crippen LogP contribution is -2.47. The number of pyridine rings is 1. The predicted molar refractivity (Wildman–Crippen MR) is 124 cm³/mol. The normalized spacial score (nSPS) is 21.7. The van der Waals surface area contributed by atoms with Crippen molar-refractivity contribution in [2.45, 2.75) is 39.2 Å². The number of nitrogens with one attached hydrogen (secondary N) is 1. The molecule has 7 heteroatoms. The third-order valence-electron chi connectivity index (χ3n) is 6.44. The summed E-state index contributed by atoms with van der Waals surface area (Å²) in [5.41, 5.74) is 6.97. The van der Waals surface area contributed by atoms with Crippen LogP contribution in [0.5, 0.6) is 11.5 Å². The molecule has 0 aliphatic carbocycles. The molecule has 0 radical (unpaired) electrons. The van der Waals surface area contributed by atoms with E-state index in [9.17, 15) is 4.79 Å². The van der Waals surface area contributed by atoms with Crippen LogP contribution in [-0.2, 0) is 6.42 Å². The van der Waals surface area contributed by atoms with Gasteiger partial charge < -0.3 is 9.47 Å². The number of fused-ring (bicyclic) bond motifs is 3. The molecule has 2 aliphatic heterocycles. The first-order valence-corrected chi connectivity index (χ1v) is 11.3. The highest BCUT2D eigenvalue weighted by atomic mass is 16.5. The molecule has 0 saturated carbocycles. The molecule has 7 nitrogen and oxygen atoms in total. The van der Waals surface area contributed by atoms with Crippen molar-refractivity contribution in [3.63, 3.8) is 0 Å². The number of carbonyl (C=O) groups excluding carboxylic acids is 1. The van der Waals surface area contributed by atoms with Crippen molar-refractivity contribution >= 4 is 11.6 Å². The Bertz CT molecular complexity index is 990. The molecule has 1 aromatic carbocycles. The van der Waals surface area contributed by atoms with Gasteiger partial charge in [0.1, 0.15) is 0 Å². The molecule has 170 valence electrons. The highest BCUT2D eigenvalue weighted by molar-refractivity contribution is 5.96. The van der Waals surface area contributed by atoms with E-state index in [1.165, 1.54) is 11.1 Å². The summed E-state index contributed by atoms with van der Waals surface area (Å²) in [5, 5.41) is 4.65. The fraction of sp³-hybridized carbons (Fsp3) is 0.480. The first-order valence-electron chi connectivity index (χ1n) is 11.3. The minimum absolute atomic E-state index is 0.207. The number of hydrazone groups is 1. The molecule has 4 rings (SSSR count). The largest absolute Gasteiger partial charge is 0.493 e. The Morgan fingerprint density at radius 3 is 2.62 bits per heavy atom. The Labute approximate surface area is 189 Å². The minimum Gasteiger partial charge on any atom is -0.493 e. The SMILES string of the molecule is COc1cc2c(cc1OC)C1CC(=NNC(=O)c3ccncc3)C(CC(C)C)CN1CC2. The van der Waals surface area contributed by atoms with Gasteiger partial charge in [-0.3, -0.25) is 14.7 Å². The van der Waals surface area contributed by atoms with Gasteiger partial charge in [-0.1, -0.05) is 13.8 Å². The van der Waals surface area contributed by atoms with E-state index >= 15 is 0 Å². The lowest BCUT2D eigenvalue weighted by molar-refractivity contribution is 0.0952. The van der Waals surface area contributed by atoms with Gasteiger partial charge in [0.15, 0.2) is 11.5 Å². The molecule has 1 N–H and O–H groups in total. The second-order valence-corrected chi connectivity index (χ2v) is 8.98. The summed E-state index contributed by atoms with van der Waals surface area (Å²) in [6.45, 7) is 6.43. The monoisotopic (exact) mass is 436 g/mol. The first-order chi connectivity index (χ1) is 15.5. The number of ether oxygens (including phenoxy) is 2. The van der Waals surface area contributed by atoms with E-state index in [-0.39, 0.29) is 11.9 Å². The number of rotatable bonds is 6. The highest BCUT2D eigenvalue weighted by Gasteiger charge is 2.37.